The zero-order valence-corrected chi connectivity index (χ0v) is 14.9. The number of rotatable bonds is 6. The fraction of sp³-hybridized carbons (Fsp3) is 0.824. The van der Waals surface area contributed by atoms with Crippen LogP contribution in [0.4, 0.5) is 0 Å². The van der Waals surface area contributed by atoms with Crippen molar-refractivity contribution in [1.29, 1.82) is 0 Å². The van der Waals surface area contributed by atoms with Crippen molar-refractivity contribution in [2.45, 2.75) is 65.8 Å². The van der Waals surface area contributed by atoms with Gasteiger partial charge in [-0.1, -0.05) is 38.8 Å². The summed E-state index contributed by atoms with van der Waals surface area (Å²) >= 11 is 6.44. The maximum atomic E-state index is 6.44. The molecule has 0 spiro atoms. The van der Waals surface area contributed by atoms with Gasteiger partial charge in [-0.15, -0.1) is 0 Å². The first kappa shape index (κ1) is 16.8. The number of halogens is 1. The Hall–Kier alpha value is -0.540. The van der Waals surface area contributed by atoms with Crippen LogP contribution in [0.5, 0.6) is 0 Å². The van der Waals surface area contributed by atoms with Crippen LogP contribution in [0.3, 0.4) is 0 Å². The van der Waals surface area contributed by atoms with Gasteiger partial charge in [0.1, 0.15) is 5.15 Å². The molecule has 0 aromatic carbocycles. The summed E-state index contributed by atoms with van der Waals surface area (Å²) in [7, 11) is 1.92. The predicted molar refractivity (Wildman–Crippen MR) is 89.9 cm³/mol. The Bertz CT molecular complexity index is 479. The second kappa shape index (κ2) is 6.70. The van der Waals surface area contributed by atoms with E-state index >= 15 is 0 Å². The Kier molecular flexibility index (Phi) is 5.37. The van der Waals surface area contributed by atoms with Crippen molar-refractivity contribution in [3.05, 3.63) is 16.4 Å². The molecule has 1 heterocycles. The average Bonchev–Trinajstić information content (AvgIpc) is 2.88. The second-order valence-electron chi connectivity index (χ2n) is 7.23. The standard InChI is InChI=1S/C17H30ClN3/c1-6-10-19-15(14-8-7-9-17(14,3)4)11-13-12(2)20-21(5)16(13)18/h14-15,19H,6-11H2,1-5H3. The monoisotopic (exact) mass is 311 g/mol. The first-order valence-electron chi connectivity index (χ1n) is 8.28. The SMILES string of the molecule is CCCNC(Cc1c(C)nn(C)c1Cl)C1CCCC1(C)C. The van der Waals surface area contributed by atoms with E-state index < -0.39 is 0 Å². The summed E-state index contributed by atoms with van der Waals surface area (Å²) in [6, 6.07) is 0.503. The van der Waals surface area contributed by atoms with Crippen LogP contribution in [0, 0.1) is 18.3 Å². The van der Waals surface area contributed by atoms with Crippen molar-refractivity contribution in [3.8, 4) is 0 Å². The summed E-state index contributed by atoms with van der Waals surface area (Å²) in [5, 5.41) is 9.05. The topological polar surface area (TPSA) is 29.9 Å². The third-order valence-corrected chi connectivity index (χ3v) is 5.65. The van der Waals surface area contributed by atoms with Crippen LogP contribution in [-0.2, 0) is 13.5 Å². The summed E-state index contributed by atoms with van der Waals surface area (Å²) in [5.74, 6) is 0.722. The van der Waals surface area contributed by atoms with Gasteiger partial charge in [-0.2, -0.15) is 5.10 Å². The molecule has 1 fully saturated rings. The molecule has 4 heteroatoms. The maximum Gasteiger partial charge on any atom is 0.130 e. The highest BCUT2D eigenvalue weighted by molar-refractivity contribution is 6.30. The average molecular weight is 312 g/mol. The van der Waals surface area contributed by atoms with E-state index in [-0.39, 0.29) is 0 Å². The van der Waals surface area contributed by atoms with E-state index in [2.05, 4.69) is 38.1 Å². The number of hydrogen-bond donors (Lipinski definition) is 1. The maximum absolute atomic E-state index is 6.44. The van der Waals surface area contributed by atoms with Crippen molar-refractivity contribution < 1.29 is 0 Å². The van der Waals surface area contributed by atoms with Crippen molar-refractivity contribution in [3.63, 3.8) is 0 Å². The molecule has 0 amide bonds. The van der Waals surface area contributed by atoms with Crippen LogP contribution in [0.2, 0.25) is 5.15 Å². The van der Waals surface area contributed by atoms with Gasteiger partial charge < -0.3 is 5.32 Å². The number of hydrogen-bond acceptors (Lipinski definition) is 2. The molecule has 120 valence electrons. The zero-order chi connectivity index (χ0) is 15.6. The summed E-state index contributed by atoms with van der Waals surface area (Å²) in [6.07, 6.45) is 6.17. The van der Waals surface area contributed by atoms with E-state index in [0.717, 1.165) is 29.7 Å². The Labute approximate surface area is 134 Å². The summed E-state index contributed by atoms with van der Waals surface area (Å²) in [4.78, 5) is 0. The molecule has 2 rings (SSSR count). The molecule has 21 heavy (non-hydrogen) atoms. The summed E-state index contributed by atoms with van der Waals surface area (Å²) < 4.78 is 1.79. The van der Waals surface area contributed by atoms with Gasteiger partial charge in [0.2, 0.25) is 0 Å². The quantitative estimate of drug-likeness (QED) is 0.856. The highest BCUT2D eigenvalue weighted by Gasteiger charge is 2.39. The zero-order valence-electron chi connectivity index (χ0n) is 14.2. The molecule has 0 bridgehead atoms. The van der Waals surface area contributed by atoms with Gasteiger partial charge in [-0.25, -0.2) is 0 Å². The lowest BCUT2D eigenvalue weighted by atomic mass is 9.76. The van der Waals surface area contributed by atoms with Gasteiger partial charge in [0.05, 0.1) is 5.69 Å². The molecule has 0 aliphatic heterocycles. The molecule has 1 aromatic rings. The molecule has 1 saturated carbocycles. The summed E-state index contributed by atoms with van der Waals surface area (Å²) in [5.41, 5.74) is 2.71. The third-order valence-electron chi connectivity index (χ3n) is 5.18. The first-order chi connectivity index (χ1) is 9.86. The second-order valence-corrected chi connectivity index (χ2v) is 7.59. The van der Waals surface area contributed by atoms with Crippen LogP contribution in [0.25, 0.3) is 0 Å². The van der Waals surface area contributed by atoms with Crippen LogP contribution in [0.15, 0.2) is 0 Å². The molecule has 2 unspecified atom stereocenters. The lowest BCUT2D eigenvalue weighted by Gasteiger charge is -2.35. The molecule has 1 N–H and O–H groups in total. The van der Waals surface area contributed by atoms with E-state index in [9.17, 15) is 0 Å². The predicted octanol–water partition coefficient (Wildman–Crippen LogP) is 4.12. The Morgan fingerprint density at radius 2 is 2.19 bits per heavy atom. The molecule has 3 nitrogen and oxygen atoms in total. The van der Waals surface area contributed by atoms with Crippen LogP contribution in [0.1, 0.15) is 57.7 Å². The van der Waals surface area contributed by atoms with Gasteiger partial charge in [-0.05, 0) is 50.5 Å². The van der Waals surface area contributed by atoms with Gasteiger partial charge in [0.15, 0.2) is 0 Å². The van der Waals surface area contributed by atoms with E-state index in [1.807, 2.05) is 7.05 Å². The molecule has 0 saturated heterocycles. The molecule has 1 aromatic heterocycles. The van der Waals surface area contributed by atoms with Crippen molar-refractivity contribution in [1.82, 2.24) is 15.1 Å². The van der Waals surface area contributed by atoms with Gasteiger partial charge in [-0.3, -0.25) is 4.68 Å². The van der Waals surface area contributed by atoms with Gasteiger partial charge >= 0.3 is 0 Å². The van der Waals surface area contributed by atoms with E-state index in [1.165, 1.54) is 31.2 Å². The highest BCUT2D eigenvalue weighted by Crippen LogP contribution is 2.45. The number of nitrogens with zero attached hydrogens (tertiary/aromatic N) is 2. The fourth-order valence-electron chi connectivity index (χ4n) is 3.91. The Balaban J connectivity index is 2.20. The highest BCUT2D eigenvalue weighted by atomic mass is 35.5. The normalized spacial score (nSPS) is 22.7. The molecule has 2 atom stereocenters. The lowest BCUT2D eigenvalue weighted by Crippen LogP contribution is -2.42. The number of aromatic nitrogens is 2. The fourth-order valence-corrected chi connectivity index (χ4v) is 4.16. The largest absolute Gasteiger partial charge is 0.313 e. The van der Waals surface area contributed by atoms with Crippen molar-refractivity contribution in [2.24, 2.45) is 18.4 Å². The van der Waals surface area contributed by atoms with Crippen LogP contribution in [-0.4, -0.2) is 22.4 Å². The van der Waals surface area contributed by atoms with Crippen LogP contribution < -0.4 is 5.32 Å². The molecular formula is C17H30ClN3. The minimum Gasteiger partial charge on any atom is -0.313 e. The molecule has 1 aliphatic carbocycles. The smallest absolute Gasteiger partial charge is 0.130 e. The first-order valence-corrected chi connectivity index (χ1v) is 8.66. The van der Waals surface area contributed by atoms with Gasteiger partial charge in [0, 0.05) is 18.7 Å². The molecule has 0 radical (unpaired) electrons. The molecular weight excluding hydrogens is 282 g/mol. The van der Waals surface area contributed by atoms with Crippen molar-refractivity contribution >= 4 is 11.6 Å². The summed E-state index contributed by atoms with van der Waals surface area (Å²) in [6.45, 7) is 10.2. The Morgan fingerprint density at radius 3 is 2.67 bits per heavy atom. The number of aryl methyl sites for hydroxylation is 2. The van der Waals surface area contributed by atoms with Crippen LogP contribution >= 0.6 is 11.6 Å². The minimum absolute atomic E-state index is 0.425. The van der Waals surface area contributed by atoms with E-state index in [1.54, 1.807) is 4.68 Å². The van der Waals surface area contributed by atoms with Crippen molar-refractivity contribution in [2.75, 3.05) is 6.54 Å². The number of nitrogens with one attached hydrogen (secondary N) is 1. The Morgan fingerprint density at radius 1 is 1.48 bits per heavy atom. The lowest BCUT2D eigenvalue weighted by molar-refractivity contribution is 0.195. The molecule has 1 aliphatic rings. The third kappa shape index (κ3) is 3.62. The minimum atomic E-state index is 0.425. The van der Waals surface area contributed by atoms with Gasteiger partial charge in [0.25, 0.3) is 0 Å². The van der Waals surface area contributed by atoms with E-state index in [0.29, 0.717) is 11.5 Å². The van der Waals surface area contributed by atoms with E-state index in [4.69, 9.17) is 11.6 Å².